The van der Waals surface area contributed by atoms with Gasteiger partial charge < -0.3 is 5.73 Å². The summed E-state index contributed by atoms with van der Waals surface area (Å²) in [4.78, 5) is 2.30. The minimum Gasteiger partial charge on any atom is -0.329 e. The van der Waals surface area contributed by atoms with Gasteiger partial charge in [0.05, 0.1) is 6.04 Å². The summed E-state index contributed by atoms with van der Waals surface area (Å²) in [7, 11) is 0. The maximum atomic E-state index is 14.1. The van der Waals surface area contributed by atoms with Crippen LogP contribution in [-0.4, -0.2) is 24.5 Å². The molecule has 0 saturated carbocycles. The lowest BCUT2D eigenvalue weighted by Crippen LogP contribution is -2.34. The van der Waals surface area contributed by atoms with E-state index in [1.807, 2.05) is 0 Å². The van der Waals surface area contributed by atoms with Crippen molar-refractivity contribution in [3.05, 3.63) is 34.6 Å². The van der Waals surface area contributed by atoms with Gasteiger partial charge in [0.15, 0.2) is 0 Å². The highest BCUT2D eigenvalue weighted by molar-refractivity contribution is 6.31. The van der Waals surface area contributed by atoms with Crippen LogP contribution < -0.4 is 5.73 Å². The Morgan fingerprint density at radius 3 is 2.60 bits per heavy atom. The van der Waals surface area contributed by atoms with Crippen molar-refractivity contribution in [1.29, 1.82) is 0 Å². The maximum absolute atomic E-state index is 14.1. The minimum absolute atomic E-state index is 0.122. The normalized spacial score (nSPS) is 20.2. The molecule has 1 aliphatic heterocycles. The van der Waals surface area contributed by atoms with Crippen LogP contribution in [0.15, 0.2) is 18.2 Å². The number of nitrogens with zero attached hydrogens (tertiary/aromatic N) is 1. The number of nitrogens with two attached hydrogens (primary N) is 1. The zero-order valence-corrected chi connectivity index (χ0v) is 13.1. The first-order chi connectivity index (χ1) is 9.56. The fraction of sp³-hybridized carbons (Fsp3) is 0.625. The molecule has 0 aromatic heterocycles. The lowest BCUT2D eigenvalue weighted by atomic mass is 9.82. The molecule has 2 N–H and O–H groups in total. The molecule has 1 aromatic carbocycles. The topological polar surface area (TPSA) is 29.3 Å². The van der Waals surface area contributed by atoms with Gasteiger partial charge in [-0.05, 0) is 43.4 Å². The van der Waals surface area contributed by atoms with Crippen molar-refractivity contribution in [3.63, 3.8) is 0 Å². The number of likely N-dealkylation sites (tertiary alicyclic amines) is 1. The summed E-state index contributed by atoms with van der Waals surface area (Å²) in [6.07, 6.45) is 3.47. The van der Waals surface area contributed by atoms with E-state index in [9.17, 15) is 4.39 Å². The molecule has 0 spiro atoms. The fourth-order valence-electron chi connectivity index (χ4n) is 3.34. The molecule has 1 aromatic rings. The molecule has 112 valence electrons. The number of rotatable bonds is 5. The van der Waals surface area contributed by atoms with Gasteiger partial charge >= 0.3 is 0 Å². The predicted octanol–water partition coefficient (Wildman–Crippen LogP) is 3.99. The Hall–Kier alpha value is -0.640. The summed E-state index contributed by atoms with van der Waals surface area (Å²) in [5.41, 5.74) is 6.83. The van der Waals surface area contributed by atoms with E-state index >= 15 is 0 Å². The van der Waals surface area contributed by atoms with Crippen molar-refractivity contribution in [2.45, 2.75) is 39.2 Å². The van der Waals surface area contributed by atoms with Crippen LogP contribution >= 0.6 is 11.6 Å². The average molecular weight is 299 g/mol. The Morgan fingerprint density at radius 2 is 2.10 bits per heavy atom. The van der Waals surface area contributed by atoms with Crippen LogP contribution in [0.1, 0.15) is 44.7 Å². The molecule has 1 heterocycles. The molecule has 0 bridgehead atoms. The first kappa shape index (κ1) is 15.7. The van der Waals surface area contributed by atoms with Crippen molar-refractivity contribution < 1.29 is 4.39 Å². The number of hydrogen-bond donors (Lipinski definition) is 1. The third kappa shape index (κ3) is 2.85. The first-order valence-electron chi connectivity index (χ1n) is 7.45. The second-order valence-electron chi connectivity index (χ2n) is 5.81. The van der Waals surface area contributed by atoms with Crippen molar-refractivity contribution in [2.24, 2.45) is 11.1 Å². The molecule has 0 aliphatic carbocycles. The van der Waals surface area contributed by atoms with E-state index in [1.165, 1.54) is 6.07 Å². The van der Waals surface area contributed by atoms with Crippen molar-refractivity contribution in [1.82, 2.24) is 4.90 Å². The molecule has 1 unspecified atom stereocenters. The van der Waals surface area contributed by atoms with Crippen LogP contribution in [0.2, 0.25) is 5.02 Å². The molecule has 0 radical (unpaired) electrons. The SMILES string of the molecule is CCC1(CC)CCN(C(CN)c2c(F)cccc2Cl)C1. The van der Waals surface area contributed by atoms with Crippen LogP contribution in [0.25, 0.3) is 0 Å². The van der Waals surface area contributed by atoms with E-state index < -0.39 is 0 Å². The molecule has 4 heteroatoms. The second-order valence-corrected chi connectivity index (χ2v) is 6.22. The molecule has 1 atom stereocenters. The molecule has 2 rings (SSSR count). The van der Waals surface area contributed by atoms with Gasteiger partial charge in [0, 0.05) is 23.7 Å². The van der Waals surface area contributed by atoms with Crippen LogP contribution in [0.4, 0.5) is 4.39 Å². The third-order valence-electron chi connectivity index (χ3n) is 4.96. The average Bonchev–Trinajstić information content (AvgIpc) is 2.88. The number of hydrogen-bond acceptors (Lipinski definition) is 2. The van der Waals surface area contributed by atoms with Gasteiger partial charge in [-0.3, -0.25) is 4.90 Å². The predicted molar refractivity (Wildman–Crippen MR) is 82.4 cm³/mol. The monoisotopic (exact) mass is 298 g/mol. The first-order valence-corrected chi connectivity index (χ1v) is 7.82. The van der Waals surface area contributed by atoms with E-state index in [2.05, 4.69) is 18.7 Å². The molecule has 20 heavy (non-hydrogen) atoms. The van der Waals surface area contributed by atoms with Crippen molar-refractivity contribution in [2.75, 3.05) is 19.6 Å². The highest BCUT2D eigenvalue weighted by atomic mass is 35.5. The molecular weight excluding hydrogens is 275 g/mol. The molecule has 1 fully saturated rings. The van der Waals surface area contributed by atoms with Crippen molar-refractivity contribution >= 4 is 11.6 Å². The van der Waals surface area contributed by atoms with E-state index in [1.54, 1.807) is 12.1 Å². The van der Waals surface area contributed by atoms with Crippen LogP contribution in [0.5, 0.6) is 0 Å². The van der Waals surface area contributed by atoms with Crippen LogP contribution in [0, 0.1) is 11.2 Å². The van der Waals surface area contributed by atoms with Crippen LogP contribution in [0.3, 0.4) is 0 Å². The Bertz CT molecular complexity index is 440. The summed E-state index contributed by atoms with van der Waals surface area (Å²) >= 11 is 6.20. The van der Waals surface area contributed by atoms with Gasteiger partial charge in [-0.1, -0.05) is 31.5 Å². The summed E-state index contributed by atoms with van der Waals surface area (Å²) in [6, 6.07) is 4.73. The van der Waals surface area contributed by atoms with Crippen LogP contribution in [-0.2, 0) is 0 Å². The maximum Gasteiger partial charge on any atom is 0.129 e. The smallest absolute Gasteiger partial charge is 0.129 e. The summed E-state index contributed by atoms with van der Waals surface area (Å²) < 4.78 is 14.1. The van der Waals surface area contributed by atoms with Gasteiger partial charge in [-0.25, -0.2) is 4.39 Å². The van der Waals surface area contributed by atoms with Gasteiger partial charge in [0.1, 0.15) is 5.82 Å². The van der Waals surface area contributed by atoms with Gasteiger partial charge in [-0.15, -0.1) is 0 Å². The van der Waals surface area contributed by atoms with E-state index in [4.69, 9.17) is 17.3 Å². The fourth-order valence-corrected chi connectivity index (χ4v) is 3.63. The Labute approximate surface area is 126 Å². The van der Waals surface area contributed by atoms with Gasteiger partial charge in [0.25, 0.3) is 0 Å². The molecule has 1 saturated heterocycles. The highest BCUT2D eigenvalue weighted by Crippen LogP contribution is 2.41. The molecular formula is C16H24ClFN2. The van der Waals surface area contributed by atoms with Gasteiger partial charge in [0.2, 0.25) is 0 Å². The standard InChI is InChI=1S/C16H24ClFN2/c1-3-16(4-2)8-9-20(11-16)14(10-19)15-12(17)6-5-7-13(15)18/h5-7,14H,3-4,8-11,19H2,1-2H3. The minimum atomic E-state index is -0.251. The molecule has 0 amide bonds. The Morgan fingerprint density at radius 1 is 1.40 bits per heavy atom. The number of benzene rings is 1. The Balaban J connectivity index is 2.26. The summed E-state index contributed by atoms with van der Waals surface area (Å²) in [6.45, 7) is 6.81. The largest absolute Gasteiger partial charge is 0.329 e. The molecule has 2 nitrogen and oxygen atoms in total. The highest BCUT2D eigenvalue weighted by Gasteiger charge is 2.38. The number of halogens is 2. The van der Waals surface area contributed by atoms with Crippen molar-refractivity contribution in [3.8, 4) is 0 Å². The molecule has 1 aliphatic rings. The van der Waals surface area contributed by atoms with E-state index in [0.717, 1.165) is 32.4 Å². The second kappa shape index (κ2) is 6.42. The lowest BCUT2D eigenvalue weighted by molar-refractivity contribution is 0.195. The zero-order valence-electron chi connectivity index (χ0n) is 12.3. The summed E-state index contributed by atoms with van der Waals surface area (Å²) in [5, 5.41) is 0.478. The van der Waals surface area contributed by atoms with Gasteiger partial charge in [-0.2, -0.15) is 0 Å². The quantitative estimate of drug-likeness (QED) is 0.890. The zero-order chi connectivity index (χ0) is 14.8. The van der Waals surface area contributed by atoms with E-state index in [-0.39, 0.29) is 11.9 Å². The third-order valence-corrected chi connectivity index (χ3v) is 5.29. The Kier molecular flexibility index (Phi) is 5.05. The van der Waals surface area contributed by atoms with E-state index in [0.29, 0.717) is 22.5 Å². The summed E-state index contributed by atoms with van der Waals surface area (Å²) in [5.74, 6) is -0.251. The lowest BCUT2D eigenvalue weighted by Gasteiger charge is -2.31.